The summed E-state index contributed by atoms with van der Waals surface area (Å²) in [6.45, 7) is 0.329. The van der Waals surface area contributed by atoms with Crippen LogP contribution >= 0.6 is 0 Å². The molecule has 1 aliphatic rings. The number of H-pyrrole nitrogens is 1. The molecule has 0 radical (unpaired) electrons. The number of aromatic nitrogens is 1. The van der Waals surface area contributed by atoms with Gasteiger partial charge in [0.2, 0.25) is 5.91 Å². The van der Waals surface area contributed by atoms with Crippen LogP contribution in [0.2, 0.25) is 0 Å². The van der Waals surface area contributed by atoms with Crippen molar-refractivity contribution in [2.75, 3.05) is 13.1 Å². The van der Waals surface area contributed by atoms with E-state index in [0.717, 1.165) is 16.6 Å². The fraction of sp³-hybridized carbons (Fsp3) is 0.357. The van der Waals surface area contributed by atoms with Gasteiger partial charge in [-0.1, -0.05) is 18.2 Å². The highest BCUT2D eigenvalue weighted by Gasteiger charge is 2.38. The summed E-state index contributed by atoms with van der Waals surface area (Å²) < 4.78 is 34.7. The molecule has 112 valence electrons. The predicted octanol–water partition coefficient (Wildman–Crippen LogP) is 1.61. The zero-order valence-electron chi connectivity index (χ0n) is 11.3. The number of para-hydroxylation sites is 1. The first-order valence-corrected chi connectivity index (χ1v) is 8.16. The molecule has 1 amide bonds. The molecule has 1 N–H and O–H groups in total. The Hall–Kier alpha value is -1.89. The Kier molecular flexibility index (Phi) is 3.44. The molecule has 7 heteroatoms. The third-order valence-electron chi connectivity index (χ3n) is 3.81. The third-order valence-corrected chi connectivity index (χ3v) is 4.93. The summed E-state index contributed by atoms with van der Waals surface area (Å²) in [5, 5.41) is -0.128. The van der Waals surface area contributed by atoms with Crippen LogP contribution in [0.4, 0.5) is 3.89 Å². The molecule has 21 heavy (non-hydrogen) atoms. The number of benzene rings is 1. The van der Waals surface area contributed by atoms with Gasteiger partial charge in [0.1, 0.15) is 5.25 Å². The van der Waals surface area contributed by atoms with Crippen LogP contribution in [0.5, 0.6) is 0 Å². The van der Waals surface area contributed by atoms with Gasteiger partial charge in [0.25, 0.3) is 0 Å². The van der Waals surface area contributed by atoms with Crippen molar-refractivity contribution in [3.05, 3.63) is 36.0 Å². The zero-order chi connectivity index (χ0) is 15.0. The molecule has 1 saturated heterocycles. The Morgan fingerprint density at radius 1 is 1.33 bits per heavy atom. The van der Waals surface area contributed by atoms with E-state index in [1.807, 2.05) is 30.3 Å². The number of amides is 1. The van der Waals surface area contributed by atoms with Crippen molar-refractivity contribution in [3.63, 3.8) is 0 Å². The van der Waals surface area contributed by atoms with Crippen LogP contribution in [0, 0.1) is 0 Å². The van der Waals surface area contributed by atoms with E-state index in [2.05, 4.69) is 4.98 Å². The average Bonchev–Trinajstić information content (AvgIpc) is 2.98. The standard InChI is InChI=1S/C14H15FN2O3S/c15-21(19,20)12-8-14(18)17(9-12)6-5-11-7-10-3-1-2-4-13(10)16-11/h1-4,7,12,16H,5-6,8-9H2. The lowest BCUT2D eigenvalue weighted by Gasteiger charge is -2.15. The molecule has 1 aliphatic heterocycles. The second-order valence-corrected chi connectivity index (χ2v) is 6.89. The predicted molar refractivity (Wildman–Crippen MR) is 77.0 cm³/mol. The van der Waals surface area contributed by atoms with Gasteiger partial charge in [0, 0.05) is 37.1 Å². The molecule has 1 aromatic carbocycles. The van der Waals surface area contributed by atoms with Gasteiger partial charge < -0.3 is 9.88 Å². The molecule has 5 nitrogen and oxygen atoms in total. The molecule has 2 heterocycles. The van der Waals surface area contributed by atoms with Crippen molar-refractivity contribution in [2.45, 2.75) is 18.1 Å². The largest absolute Gasteiger partial charge is 0.358 e. The van der Waals surface area contributed by atoms with Crippen LogP contribution in [0.15, 0.2) is 30.3 Å². The number of rotatable bonds is 4. The number of nitrogens with one attached hydrogen (secondary N) is 1. The first kappa shape index (κ1) is 14.1. The normalized spacial score (nSPS) is 19.6. The van der Waals surface area contributed by atoms with Gasteiger partial charge in [-0.3, -0.25) is 4.79 Å². The molecule has 0 aliphatic carbocycles. The Balaban J connectivity index is 1.66. The van der Waals surface area contributed by atoms with E-state index in [1.165, 1.54) is 4.90 Å². The number of fused-ring (bicyclic) bond motifs is 1. The van der Waals surface area contributed by atoms with Gasteiger partial charge in [-0.15, -0.1) is 3.89 Å². The summed E-state index contributed by atoms with van der Waals surface area (Å²) >= 11 is 0. The lowest BCUT2D eigenvalue weighted by molar-refractivity contribution is -0.127. The summed E-state index contributed by atoms with van der Waals surface area (Å²) in [5.41, 5.74) is 1.99. The summed E-state index contributed by atoms with van der Waals surface area (Å²) in [6, 6.07) is 9.83. The fourth-order valence-corrected chi connectivity index (χ4v) is 3.36. The molecule has 1 unspecified atom stereocenters. The number of hydrogen-bond acceptors (Lipinski definition) is 3. The van der Waals surface area contributed by atoms with Crippen LogP contribution in [0.25, 0.3) is 10.9 Å². The molecule has 1 fully saturated rings. The lowest BCUT2D eigenvalue weighted by atomic mass is 10.2. The van der Waals surface area contributed by atoms with Crippen LogP contribution < -0.4 is 0 Å². The number of carbonyl (C=O) groups excluding carboxylic acids is 1. The molecule has 0 spiro atoms. The van der Waals surface area contributed by atoms with E-state index in [4.69, 9.17) is 0 Å². The molecule has 1 aromatic heterocycles. The van der Waals surface area contributed by atoms with Crippen molar-refractivity contribution in [1.82, 2.24) is 9.88 Å². The first-order chi connectivity index (χ1) is 9.93. The fourth-order valence-electron chi connectivity index (χ4n) is 2.66. The van der Waals surface area contributed by atoms with E-state index >= 15 is 0 Å². The highest BCUT2D eigenvalue weighted by atomic mass is 32.3. The SMILES string of the molecule is O=C1CC(S(=O)(=O)F)CN1CCc1cc2ccccc2[nH]1. The summed E-state index contributed by atoms with van der Waals surface area (Å²) in [7, 11) is -4.64. The quantitative estimate of drug-likeness (QED) is 0.872. The van der Waals surface area contributed by atoms with Crippen LogP contribution in [-0.4, -0.2) is 42.5 Å². The van der Waals surface area contributed by atoms with Gasteiger partial charge in [-0.2, -0.15) is 8.42 Å². The van der Waals surface area contributed by atoms with Crippen molar-refractivity contribution in [1.29, 1.82) is 0 Å². The minimum atomic E-state index is -4.64. The molecular formula is C14H15FN2O3S. The van der Waals surface area contributed by atoms with Crippen molar-refractivity contribution >= 4 is 27.0 Å². The van der Waals surface area contributed by atoms with Crippen molar-refractivity contribution in [3.8, 4) is 0 Å². The average molecular weight is 310 g/mol. The monoisotopic (exact) mass is 310 g/mol. The Morgan fingerprint density at radius 3 is 2.76 bits per heavy atom. The molecule has 0 bridgehead atoms. The zero-order valence-corrected chi connectivity index (χ0v) is 12.1. The topological polar surface area (TPSA) is 70.2 Å². The number of likely N-dealkylation sites (tertiary alicyclic amines) is 1. The maximum absolute atomic E-state index is 12.9. The molecular weight excluding hydrogens is 295 g/mol. The first-order valence-electron chi connectivity index (χ1n) is 6.71. The second-order valence-electron chi connectivity index (χ2n) is 5.27. The van der Waals surface area contributed by atoms with E-state index in [9.17, 15) is 17.1 Å². The van der Waals surface area contributed by atoms with E-state index in [-0.39, 0.29) is 18.9 Å². The lowest BCUT2D eigenvalue weighted by Crippen LogP contribution is -2.29. The van der Waals surface area contributed by atoms with Gasteiger partial charge in [0.15, 0.2) is 0 Å². The summed E-state index contributed by atoms with van der Waals surface area (Å²) in [5.74, 6) is -0.308. The maximum atomic E-state index is 12.9. The molecule has 1 atom stereocenters. The van der Waals surface area contributed by atoms with Gasteiger partial charge in [-0.25, -0.2) is 0 Å². The van der Waals surface area contributed by atoms with Gasteiger partial charge in [-0.05, 0) is 17.5 Å². The third kappa shape index (κ3) is 2.92. The van der Waals surface area contributed by atoms with E-state index < -0.39 is 15.5 Å². The Bertz CT molecular complexity index is 751. The number of hydrogen-bond donors (Lipinski definition) is 1. The minimum Gasteiger partial charge on any atom is -0.358 e. The van der Waals surface area contributed by atoms with Crippen molar-refractivity contribution < 1.29 is 17.1 Å². The van der Waals surface area contributed by atoms with Crippen LogP contribution in [0.3, 0.4) is 0 Å². The van der Waals surface area contributed by atoms with Gasteiger partial charge >= 0.3 is 10.2 Å². The number of carbonyl (C=O) groups is 1. The Labute approximate surface area is 122 Å². The second kappa shape index (κ2) is 5.14. The molecule has 0 saturated carbocycles. The van der Waals surface area contributed by atoms with Gasteiger partial charge in [0.05, 0.1) is 0 Å². The number of aromatic amines is 1. The smallest absolute Gasteiger partial charge is 0.307 e. The molecule has 3 rings (SSSR count). The minimum absolute atomic E-state index is 0.0576. The van der Waals surface area contributed by atoms with Crippen LogP contribution in [-0.2, 0) is 21.4 Å². The maximum Gasteiger partial charge on any atom is 0.307 e. The summed E-state index contributed by atoms with van der Waals surface area (Å²) in [4.78, 5) is 16.4. The van der Waals surface area contributed by atoms with E-state index in [0.29, 0.717) is 13.0 Å². The highest BCUT2D eigenvalue weighted by Crippen LogP contribution is 2.21. The van der Waals surface area contributed by atoms with Crippen LogP contribution in [0.1, 0.15) is 12.1 Å². The molecule has 2 aromatic rings. The number of nitrogens with zero attached hydrogens (tertiary/aromatic N) is 1. The number of halogens is 1. The van der Waals surface area contributed by atoms with E-state index in [1.54, 1.807) is 0 Å². The van der Waals surface area contributed by atoms with Crippen molar-refractivity contribution in [2.24, 2.45) is 0 Å². The Morgan fingerprint density at radius 2 is 2.10 bits per heavy atom. The highest BCUT2D eigenvalue weighted by molar-refractivity contribution is 7.87. The summed E-state index contributed by atoms with van der Waals surface area (Å²) in [6.07, 6.45) is 0.324.